The Morgan fingerprint density at radius 3 is 1.88 bits per heavy atom. The van der Waals surface area contributed by atoms with E-state index in [1.165, 1.54) is 30.2 Å². The topological polar surface area (TPSA) is 0 Å². The summed E-state index contributed by atoms with van der Waals surface area (Å²) in [6, 6.07) is 9.56. The predicted molar refractivity (Wildman–Crippen MR) is 109 cm³/mol. The summed E-state index contributed by atoms with van der Waals surface area (Å²) in [6.07, 6.45) is -1.93. The number of aryl methyl sites for hydroxylation is 1. The molecule has 0 N–H and O–H groups in total. The Morgan fingerprint density at radius 2 is 1.31 bits per heavy atom. The minimum absolute atomic E-state index is 0.146. The molecule has 3 aromatic carbocycles. The van der Waals surface area contributed by atoms with Crippen molar-refractivity contribution in [2.45, 2.75) is 19.0 Å². The standard InChI is InChI=1S/C25H15F7/c1-2-3-4-15-5-7-18(21(26)11-15)16-6-8-19(22(27)12-16)17-13-23(28)20(24(29)14-17)9-10-25(30,31)32/h2,5-8,11-14H,1,3-4H2. The first-order valence-electron chi connectivity index (χ1n) is 9.37. The lowest BCUT2D eigenvalue weighted by Gasteiger charge is -2.10. The van der Waals surface area contributed by atoms with Gasteiger partial charge in [0.25, 0.3) is 0 Å². The monoisotopic (exact) mass is 448 g/mol. The zero-order chi connectivity index (χ0) is 23.5. The third-order valence-corrected chi connectivity index (χ3v) is 4.63. The van der Waals surface area contributed by atoms with Gasteiger partial charge in [0.1, 0.15) is 23.3 Å². The Labute approximate surface area is 180 Å². The Bertz CT molecular complexity index is 1200. The van der Waals surface area contributed by atoms with Crippen LogP contribution < -0.4 is 0 Å². The van der Waals surface area contributed by atoms with Crippen LogP contribution in [0.4, 0.5) is 30.7 Å². The number of benzene rings is 3. The second-order valence-corrected chi connectivity index (χ2v) is 6.90. The number of halogens is 7. The second kappa shape index (κ2) is 9.31. The van der Waals surface area contributed by atoms with Crippen LogP contribution in [0.25, 0.3) is 22.3 Å². The molecule has 0 radical (unpaired) electrons. The van der Waals surface area contributed by atoms with Crippen LogP contribution in [-0.4, -0.2) is 6.18 Å². The number of hydrogen-bond acceptors (Lipinski definition) is 0. The average molecular weight is 448 g/mol. The number of hydrogen-bond donors (Lipinski definition) is 0. The third kappa shape index (κ3) is 5.38. The van der Waals surface area contributed by atoms with Crippen LogP contribution in [0.3, 0.4) is 0 Å². The highest BCUT2D eigenvalue weighted by Gasteiger charge is 2.24. The van der Waals surface area contributed by atoms with Crippen molar-refractivity contribution in [1.29, 1.82) is 0 Å². The van der Waals surface area contributed by atoms with Crippen LogP contribution in [0.1, 0.15) is 17.5 Å². The van der Waals surface area contributed by atoms with E-state index < -0.39 is 35.0 Å². The van der Waals surface area contributed by atoms with Gasteiger partial charge in [0.05, 0.1) is 5.56 Å². The highest BCUT2D eigenvalue weighted by atomic mass is 19.4. The van der Waals surface area contributed by atoms with E-state index in [0.717, 1.165) is 17.6 Å². The van der Waals surface area contributed by atoms with E-state index in [9.17, 15) is 30.7 Å². The van der Waals surface area contributed by atoms with Gasteiger partial charge < -0.3 is 0 Å². The maximum absolute atomic E-state index is 14.7. The van der Waals surface area contributed by atoms with Crippen LogP contribution in [-0.2, 0) is 6.42 Å². The molecule has 0 heterocycles. The van der Waals surface area contributed by atoms with Gasteiger partial charge in [0, 0.05) is 17.0 Å². The maximum atomic E-state index is 14.7. The lowest BCUT2D eigenvalue weighted by molar-refractivity contribution is -0.0696. The van der Waals surface area contributed by atoms with Gasteiger partial charge in [-0.3, -0.25) is 0 Å². The highest BCUT2D eigenvalue weighted by molar-refractivity contribution is 5.72. The van der Waals surface area contributed by atoms with Crippen molar-refractivity contribution in [3.8, 4) is 34.1 Å². The zero-order valence-electron chi connectivity index (χ0n) is 16.5. The average Bonchev–Trinajstić information content (AvgIpc) is 2.70. The molecule has 0 bridgehead atoms. The Balaban J connectivity index is 1.95. The van der Waals surface area contributed by atoms with E-state index in [-0.39, 0.29) is 22.3 Å². The Hall–Kier alpha value is -3.53. The Kier molecular flexibility index (Phi) is 6.73. The highest BCUT2D eigenvalue weighted by Crippen LogP contribution is 2.31. The van der Waals surface area contributed by atoms with E-state index in [4.69, 9.17) is 0 Å². The zero-order valence-corrected chi connectivity index (χ0v) is 16.5. The van der Waals surface area contributed by atoms with Gasteiger partial charge in [-0.15, -0.1) is 6.58 Å². The van der Waals surface area contributed by atoms with E-state index in [1.807, 2.05) is 0 Å². The van der Waals surface area contributed by atoms with Gasteiger partial charge in [-0.05, 0) is 53.8 Å². The van der Waals surface area contributed by atoms with Crippen LogP contribution in [0.15, 0.2) is 61.2 Å². The lowest BCUT2D eigenvalue weighted by atomic mass is 9.97. The molecule has 0 aliphatic carbocycles. The van der Waals surface area contributed by atoms with Crippen molar-refractivity contribution in [3.63, 3.8) is 0 Å². The van der Waals surface area contributed by atoms with Gasteiger partial charge in [-0.1, -0.05) is 36.3 Å². The summed E-state index contributed by atoms with van der Waals surface area (Å²) in [6.45, 7) is 3.61. The SMILES string of the molecule is C=CCCc1ccc(-c2ccc(-c3cc(F)c(C#CC(F)(F)F)c(F)c3)c(F)c2)c(F)c1. The van der Waals surface area contributed by atoms with Crippen molar-refractivity contribution >= 4 is 0 Å². The minimum atomic E-state index is -4.92. The molecule has 0 atom stereocenters. The minimum Gasteiger partial charge on any atom is -0.206 e. The molecule has 3 aromatic rings. The molecule has 0 saturated carbocycles. The molecular weight excluding hydrogens is 433 g/mol. The molecule has 0 nitrogen and oxygen atoms in total. The first kappa shape index (κ1) is 23.1. The predicted octanol–water partition coefficient (Wildman–Crippen LogP) is 7.61. The van der Waals surface area contributed by atoms with Crippen molar-refractivity contribution in [1.82, 2.24) is 0 Å². The van der Waals surface area contributed by atoms with Crippen LogP contribution in [0.5, 0.6) is 0 Å². The fraction of sp³-hybridized carbons (Fsp3) is 0.120. The first-order valence-corrected chi connectivity index (χ1v) is 9.37. The molecule has 0 aromatic heterocycles. The Morgan fingerprint density at radius 1 is 0.750 bits per heavy atom. The van der Waals surface area contributed by atoms with Gasteiger partial charge >= 0.3 is 6.18 Å². The van der Waals surface area contributed by atoms with Crippen LogP contribution in [0, 0.1) is 35.1 Å². The molecule has 0 unspecified atom stereocenters. The summed E-state index contributed by atoms with van der Waals surface area (Å²) in [5.74, 6) is -1.96. The second-order valence-electron chi connectivity index (χ2n) is 6.90. The summed E-state index contributed by atoms with van der Waals surface area (Å²) in [4.78, 5) is 0. The largest absolute Gasteiger partial charge is 0.458 e. The lowest BCUT2D eigenvalue weighted by Crippen LogP contribution is -2.02. The molecule has 0 amide bonds. The van der Waals surface area contributed by atoms with Gasteiger partial charge in [-0.2, -0.15) is 13.2 Å². The first-order chi connectivity index (χ1) is 15.1. The molecule has 0 fully saturated rings. The molecule has 0 aliphatic heterocycles. The van der Waals surface area contributed by atoms with Gasteiger partial charge in [0.2, 0.25) is 0 Å². The molecule has 0 spiro atoms. The summed E-state index contributed by atoms with van der Waals surface area (Å²) in [5.41, 5.74) is -0.392. The number of rotatable bonds is 5. The summed E-state index contributed by atoms with van der Waals surface area (Å²) in [7, 11) is 0. The number of alkyl halides is 3. The smallest absolute Gasteiger partial charge is 0.206 e. The van der Waals surface area contributed by atoms with E-state index in [2.05, 4.69) is 6.58 Å². The van der Waals surface area contributed by atoms with E-state index >= 15 is 0 Å². The van der Waals surface area contributed by atoms with Gasteiger partial charge in [0.15, 0.2) is 0 Å². The van der Waals surface area contributed by atoms with Crippen molar-refractivity contribution in [2.75, 3.05) is 0 Å². The molecule has 32 heavy (non-hydrogen) atoms. The molecule has 0 aliphatic rings. The molecular formula is C25H15F7. The van der Waals surface area contributed by atoms with Crippen molar-refractivity contribution < 1.29 is 30.7 Å². The molecule has 164 valence electrons. The quantitative estimate of drug-likeness (QED) is 0.214. The normalized spacial score (nSPS) is 11.1. The fourth-order valence-corrected chi connectivity index (χ4v) is 3.12. The van der Waals surface area contributed by atoms with Crippen LogP contribution >= 0.6 is 0 Å². The molecule has 3 rings (SSSR count). The van der Waals surface area contributed by atoms with Crippen LogP contribution in [0.2, 0.25) is 0 Å². The summed E-state index contributed by atoms with van der Waals surface area (Å²) < 4.78 is 94.0. The molecule has 0 saturated heterocycles. The van der Waals surface area contributed by atoms with E-state index in [1.54, 1.807) is 12.1 Å². The summed E-state index contributed by atoms with van der Waals surface area (Å²) in [5, 5.41) is 0. The summed E-state index contributed by atoms with van der Waals surface area (Å²) >= 11 is 0. The van der Waals surface area contributed by atoms with Crippen molar-refractivity contribution in [3.05, 3.63) is 95.6 Å². The van der Waals surface area contributed by atoms with Crippen molar-refractivity contribution in [2.24, 2.45) is 0 Å². The third-order valence-electron chi connectivity index (χ3n) is 4.63. The fourth-order valence-electron chi connectivity index (χ4n) is 3.12. The van der Waals surface area contributed by atoms with Gasteiger partial charge in [-0.25, -0.2) is 17.6 Å². The number of allylic oxidation sites excluding steroid dienone is 1. The molecule has 7 heteroatoms. The maximum Gasteiger partial charge on any atom is 0.458 e. The van der Waals surface area contributed by atoms with E-state index in [0.29, 0.717) is 25.0 Å².